The van der Waals surface area contributed by atoms with Crippen LogP contribution in [0.25, 0.3) is 85.5 Å². The van der Waals surface area contributed by atoms with Crippen LogP contribution in [0.5, 0.6) is 0 Å². The zero-order valence-electron chi connectivity index (χ0n) is 29.4. The predicted octanol–water partition coefficient (Wildman–Crippen LogP) is 15.5. The minimum Gasteiger partial charge on any atom is -0.310 e. The van der Waals surface area contributed by atoms with Crippen molar-refractivity contribution >= 4 is 91.7 Å². The Morgan fingerprint density at radius 2 is 0.759 bits per heavy atom. The Morgan fingerprint density at radius 1 is 0.278 bits per heavy atom. The van der Waals surface area contributed by atoms with Crippen molar-refractivity contribution in [3.8, 4) is 22.3 Å². The Morgan fingerprint density at radius 3 is 1.52 bits per heavy atom. The average molecular weight is 704 g/mol. The Kier molecular flexibility index (Phi) is 7.11. The highest BCUT2D eigenvalue weighted by atomic mass is 32.1. The molecule has 0 aliphatic rings. The van der Waals surface area contributed by atoms with Gasteiger partial charge in [0.05, 0.1) is 0 Å². The lowest BCUT2D eigenvalue weighted by molar-refractivity contribution is 1.30. The monoisotopic (exact) mass is 703 g/mol. The van der Waals surface area contributed by atoms with Gasteiger partial charge in [0.15, 0.2) is 0 Å². The molecule has 11 rings (SSSR count). The molecule has 1 heterocycles. The van der Waals surface area contributed by atoms with E-state index in [1.807, 2.05) is 11.3 Å². The number of fused-ring (bicyclic) bond motifs is 9. The zero-order valence-corrected chi connectivity index (χ0v) is 30.2. The van der Waals surface area contributed by atoms with E-state index in [2.05, 4.69) is 205 Å². The first-order chi connectivity index (χ1) is 26.8. The topological polar surface area (TPSA) is 3.24 Å². The maximum atomic E-state index is 2.45. The molecule has 0 radical (unpaired) electrons. The molecule has 0 unspecified atom stereocenters. The summed E-state index contributed by atoms with van der Waals surface area (Å²) < 4.78 is 2.60. The van der Waals surface area contributed by atoms with Crippen LogP contribution in [0.15, 0.2) is 200 Å². The van der Waals surface area contributed by atoms with Gasteiger partial charge in [-0.2, -0.15) is 0 Å². The fraction of sp³-hybridized carbons (Fsp3) is 0. The molecular formula is C52H33NS. The summed E-state index contributed by atoms with van der Waals surface area (Å²) in [5.74, 6) is 0. The first-order valence-corrected chi connectivity index (χ1v) is 19.3. The van der Waals surface area contributed by atoms with Gasteiger partial charge in [0.2, 0.25) is 0 Å². The van der Waals surface area contributed by atoms with E-state index in [0.29, 0.717) is 0 Å². The van der Waals surface area contributed by atoms with Crippen LogP contribution in [0.4, 0.5) is 17.1 Å². The Bertz CT molecular complexity index is 3210. The summed E-state index contributed by atoms with van der Waals surface area (Å²) in [5, 5.41) is 12.6. The first-order valence-electron chi connectivity index (χ1n) is 18.5. The smallest absolute Gasteiger partial charge is 0.0476 e. The van der Waals surface area contributed by atoms with Gasteiger partial charge in [-0.15, -0.1) is 11.3 Å². The first kappa shape index (κ1) is 30.8. The molecule has 0 aliphatic carbocycles. The van der Waals surface area contributed by atoms with E-state index in [0.717, 1.165) is 17.1 Å². The molecule has 0 atom stereocenters. The van der Waals surface area contributed by atoms with Crippen LogP contribution < -0.4 is 4.90 Å². The number of nitrogens with zero attached hydrogens (tertiary/aromatic N) is 1. The molecule has 11 aromatic rings. The van der Waals surface area contributed by atoms with Gasteiger partial charge in [-0.05, 0) is 108 Å². The normalized spacial score (nSPS) is 11.7. The minimum atomic E-state index is 1.12. The quantitative estimate of drug-likeness (QED) is 0.161. The van der Waals surface area contributed by atoms with Gasteiger partial charge in [0.1, 0.15) is 0 Å². The van der Waals surface area contributed by atoms with Crippen LogP contribution in [-0.4, -0.2) is 0 Å². The summed E-state index contributed by atoms with van der Waals surface area (Å²) in [7, 11) is 0. The summed E-state index contributed by atoms with van der Waals surface area (Å²) in [4.78, 5) is 2.45. The third-order valence-corrected chi connectivity index (χ3v) is 12.1. The van der Waals surface area contributed by atoms with Gasteiger partial charge < -0.3 is 4.90 Å². The van der Waals surface area contributed by atoms with E-state index >= 15 is 0 Å². The molecule has 0 N–H and O–H groups in total. The van der Waals surface area contributed by atoms with Crippen molar-refractivity contribution in [2.45, 2.75) is 0 Å². The van der Waals surface area contributed by atoms with Gasteiger partial charge in [0, 0.05) is 37.2 Å². The van der Waals surface area contributed by atoms with Crippen molar-refractivity contribution in [3.05, 3.63) is 200 Å². The number of anilines is 3. The third-order valence-electron chi connectivity index (χ3n) is 11.0. The largest absolute Gasteiger partial charge is 0.310 e. The van der Waals surface area contributed by atoms with Gasteiger partial charge in [-0.3, -0.25) is 0 Å². The summed E-state index contributed by atoms with van der Waals surface area (Å²) in [5.41, 5.74) is 8.32. The van der Waals surface area contributed by atoms with Crippen molar-refractivity contribution in [2.75, 3.05) is 4.90 Å². The number of thiophene rings is 1. The van der Waals surface area contributed by atoms with Crippen LogP contribution >= 0.6 is 11.3 Å². The summed E-state index contributed by atoms with van der Waals surface area (Å²) in [6, 6.07) is 73.6. The Hall–Kier alpha value is -6.74. The predicted molar refractivity (Wildman–Crippen MR) is 235 cm³/mol. The van der Waals surface area contributed by atoms with E-state index in [1.54, 1.807) is 0 Å². The fourth-order valence-corrected chi connectivity index (χ4v) is 9.71. The molecule has 54 heavy (non-hydrogen) atoms. The highest BCUT2D eigenvalue weighted by Crippen LogP contribution is 2.48. The van der Waals surface area contributed by atoms with E-state index in [1.165, 1.54) is 85.5 Å². The lowest BCUT2D eigenvalue weighted by atomic mass is 9.85. The van der Waals surface area contributed by atoms with Gasteiger partial charge >= 0.3 is 0 Å². The Labute approximate surface area is 317 Å². The van der Waals surface area contributed by atoms with Crippen LogP contribution in [0, 0.1) is 0 Å². The van der Waals surface area contributed by atoms with Crippen LogP contribution in [0.1, 0.15) is 0 Å². The molecule has 1 aromatic heterocycles. The van der Waals surface area contributed by atoms with Crippen LogP contribution in [-0.2, 0) is 0 Å². The molecule has 1 nitrogen and oxygen atoms in total. The van der Waals surface area contributed by atoms with Crippen molar-refractivity contribution in [1.82, 2.24) is 0 Å². The van der Waals surface area contributed by atoms with Crippen molar-refractivity contribution in [1.29, 1.82) is 0 Å². The van der Waals surface area contributed by atoms with Crippen molar-refractivity contribution < 1.29 is 0 Å². The van der Waals surface area contributed by atoms with E-state index in [9.17, 15) is 0 Å². The summed E-state index contributed by atoms with van der Waals surface area (Å²) >= 11 is 1.86. The molecule has 0 bridgehead atoms. The highest BCUT2D eigenvalue weighted by molar-refractivity contribution is 7.25. The molecule has 10 aromatic carbocycles. The van der Waals surface area contributed by atoms with E-state index in [-0.39, 0.29) is 0 Å². The third kappa shape index (κ3) is 4.92. The summed E-state index contributed by atoms with van der Waals surface area (Å²) in [6.45, 7) is 0. The molecule has 0 aliphatic heterocycles. The molecule has 0 spiro atoms. The van der Waals surface area contributed by atoms with Crippen molar-refractivity contribution in [2.24, 2.45) is 0 Å². The molecule has 252 valence electrons. The molecule has 0 saturated heterocycles. The molecule has 2 heteroatoms. The number of hydrogen-bond donors (Lipinski definition) is 0. The average Bonchev–Trinajstić information content (AvgIpc) is 3.62. The van der Waals surface area contributed by atoms with E-state index in [4.69, 9.17) is 0 Å². The van der Waals surface area contributed by atoms with Crippen molar-refractivity contribution in [3.63, 3.8) is 0 Å². The second-order valence-corrected chi connectivity index (χ2v) is 15.1. The molecule has 0 amide bonds. The van der Waals surface area contributed by atoms with Crippen LogP contribution in [0.3, 0.4) is 0 Å². The SMILES string of the molecule is c1ccc(-c2c(-c3ccccc3)c3cc(N(c4ccc5c(ccc6ccccc65)c4)c4ccc5c(c4)sc4ccccc45)ccc3c3ccccc23)cc1. The number of rotatable bonds is 5. The summed E-state index contributed by atoms with van der Waals surface area (Å²) in [6.07, 6.45) is 0. The fourth-order valence-electron chi connectivity index (χ4n) is 8.57. The minimum absolute atomic E-state index is 1.12. The number of benzene rings is 10. The maximum Gasteiger partial charge on any atom is 0.0476 e. The lowest BCUT2D eigenvalue weighted by Gasteiger charge is -2.27. The standard InChI is InChI=1S/C52H33NS/c1-3-14-35(15-4-1)51-47-21-10-9-19-43(47)44-29-26-39(32-48(44)52(51)36-16-5-2-6-17-36)53(40-27-30-46-45-20-11-12-22-49(45)54-50(46)33-40)38-25-28-42-37(31-38)24-23-34-13-7-8-18-41(34)42/h1-33H. The second kappa shape index (κ2) is 12.4. The van der Waals surface area contributed by atoms with Crippen LogP contribution in [0.2, 0.25) is 0 Å². The highest BCUT2D eigenvalue weighted by Gasteiger charge is 2.21. The van der Waals surface area contributed by atoms with Gasteiger partial charge in [-0.25, -0.2) is 0 Å². The van der Waals surface area contributed by atoms with E-state index < -0.39 is 0 Å². The van der Waals surface area contributed by atoms with Gasteiger partial charge in [-0.1, -0.05) is 158 Å². The zero-order chi connectivity index (χ0) is 35.6. The molecule has 0 fully saturated rings. The lowest BCUT2D eigenvalue weighted by Crippen LogP contribution is -2.10. The second-order valence-electron chi connectivity index (χ2n) is 14.1. The van der Waals surface area contributed by atoms with Gasteiger partial charge in [0.25, 0.3) is 0 Å². The molecular weight excluding hydrogens is 671 g/mol. The number of hydrogen-bond acceptors (Lipinski definition) is 2. The Balaban J connectivity index is 1.22. The maximum absolute atomic E-state index is 2.45. The molecule has 0 saturated carbocycles.